The van der Waals surface area contributed by atoms with Crippen molar-refractivity contribution in [2.75, 3.05) is 6.54 Å². The lowest BCUT2D eigenvalue weighted by Gasteiger charge is -2.07. The number of aliphatic carboxylic acids is 1. The molecule has 0 aliphatic carbocycles. The van der Waals surface area contributed by atoms with E-state index in [0.717, 1.165) is 0 Å². The van der Waals surface area contributed by atoms with Crippen molar-refractivity contribution in [2.24, 2.45) is 7.05 Å². The molecule has 2 rings (SSSR count). The van der Waals surface area contributed by atoms with Crippen molar-refractivity contribution in [2.45, 2.75) is 6.42 Å². The van der Waals surface area contributed by atoms with Crippen LogP contribution in [0.2, 0.25) is 0 Å². The Morgan fingerprint density at radius 1 is 1.37 bits per heavy atom. The van der Waals surface area contributed by atoms with Gasteiger partial charge in [-0.25, -0.2) is 0 Å². The molecule has 2 aromatic heterocycles. The van der Waals surface area contributed by atoms with Crippen molar-refractivity contribution in [3.05, 3.63) is 36.3 Å². The SMILES string of the molecule is Cn1ncc(C(=O)NCCC(=O)O)c1-n1cccc1. The first-order chi connectivity index (χ1) is 9.09. The predicted molar refractivity (Wildman–Crippen MR) is 67.1 cm³/mol. The van der Waals surface area contributed by atoms with Gasteiger partial charge >= 0.3 is 5.97 Å². The number of aromatic nitrogens is 3. The minimum Gasteiger partial charge on any atom is -0.481 e. The van der Waals surface area contributed by atoms with E-state index < -0.39 is 5.97 Å². The smallest absolute Gasteiger partial charge is 0.305 e. The van der Waals surface area contributed by atoms with Crippen molar-refractivity contribution >= 4 is 11.9 Å². The molecule has 1 amide bonds. The molecule has 0 saturated heterocycles. The minimum absolute atomic E-state index is 0.0914. The first-order valence-corrected chi connectivity index (χ1v) is 5.75. The highest BCUT2D eigenvalue weighted by Crippen LogP contribution is 2.13. The van der Waals surface area contributed by atoms with Gasteiger partial charge in [-0.2, -0.15) is 5.10 Å². The summed E-state index contributed by atoms with van der Waals surface area (Å²) >= 11 is 0. The van der Waals surface area contributed by atoms with E-state index in [0.29, 0.717) is 11.4 Å². The average Bonchev–Trinajstić information content (AvgIpc) is 2.96. The zero-order chi connectivity index (χ0) is 13.8. The van der Waals surface area contributed by atoms with E-state index >= 15 is 0 Å². The van der Waals surface area contributed by atoms with Crippen LogP contribution in [0.15, 0.2) is 30.7 Å². The van der Waals surface area contributed by atoms with E-state index in [4.69, 9.17) is 5.11 Å². The molecule has 0 saturated carbocycles. The Bertz CT molecular complexity index is 586. The predicted octanol–water partition coefficient (Wildman–Crippen LogP) is 0.415. The quantitative estimate of drug-likeness (QED) is 0.817. The summed E-state index contributed by atoms with van der Waals surface area (Å²) in [6.07, 6.45) is 4.98. The van der Waals surface area contributed by atoms with Gasteiger partial charge < -0.3 is 15.0 Å². The Hall–Kier alpha value is -2.57. The van der Waals surface area contributed by atoms with Crippen LogP contribution in [0.25, 0.3) is 5.82 Å². The van der Waals surface area contributed by atoms with Crippen molar-refractivity contribution in [3.8, 4) is 5.82 Å². The maximum absolute atomic E-state index is 12.0. The van der Waals surface area contributed by atoms with Crippen LogP contribution in [-0.2, 0) is 11.8 Å². The summed E-state index contributed by atoms with van der Waals surface area (Å²) < 4.78 is 3.37. The zero-order valence-corrected chi connectivity index (χ0v) is 10.4. The molecule has 0 aromatic carbocycles. The van der Waals surface area contributed by atoms with Crippen LogP contribution >= 0.6 is 0 Å². The lowest BCUT2D eigenvalue weighted by molar-refractivity contribution is -0.136. The first-order valence-electron chi connectivity index (χ1n) is 5.75. The molecule has 0 bridgehead atoms. The van der Waals surface area contributed by atoms with Gasteiger partial charge in [0.2, 0.25) is 0 Å². The lowest BCUT2D eigenvalue weighted by Crippen LogP contribution is -2.26. The molecule has 19 heavy (non-hydrogen) atoms. The van der Waals surface area contributed by atoms with Crippen LogP contribution in [0.3, 0.4) is 0 Å². The number of hydrogen-bond acceptors (Lipinski definition) is 3. The topological polar surface area (TPSA) is 89.2 Å². The van der Waals surface area contributed by atoms with Crippen molar-refractivity contribution in [3.63, 3.8) is 0 Å². The fraction of sp³-hybridized carbons (Fsp3) is 0.250. The Labute approximate surface area is 109 Å². The Kier molecular flexibility index (Phi) is 3.65. The highest BCUT2D eigenvalue weighted by molar-refractivity contribution is 5.97. The van der Waals surface area contributed by atoms with E-state index in [-0.39, 0.29) is 18.9 Å². The molecule has 2 aromatic rings. The van der Waals surface area contributed by atoms with E-state index in [1.54, 1.807) is 16.3 Å². The van der Waals surface area contributed by atoms with Gasteiger partial charge in [-0.3, -0.25) is 14.3 Å². The van der Waals surface area contributed by atoms with Crippen LogP contribution in [-0.4, -0.2) is 37.9 Å². The highest BCUT2D eigenvalue weighted by atomic mass is 16.4. The van der Waals surface area contributed by atoms with Gasteiger partial charge in [0, 0.05) is 26.0 Å². The van der Waals surface area contributed by atoms with Gasteiger partial charge in [0.15, 0.2) is 0 Å². The van der Waals surface area contributed by atoms with Gasteiger partial charge in [-0.15, -0.1) is 0 Å². The fourth-order valence-corrected chi connectivity index (χ4v) is 1.75. The van der Waals surface area contributed by atoms with Gasteiger partial charge in [0.05, 0.1) is 12.6 Å². The molecule has 0 spiro atoms. The Balaban J connectivity index is 2.17. The monoisotopic (exact) mass is 262 g/mol. The molecule has 7 heteroatoms. The molecule has 0 atom stereocenters. The third kappa shape index (κ3) is 2.82. The zero-order valence-electron chi connectivity index (χ0n) is 10.4. The van der Waals surface area contributed by atoms with E-state index in [2.05, 4.69) is 10.4 Å². The number of hydrogen-bond donors (Lipinski definition) is 2. The number of carbonyl (C=O) groups excluding carboxylic acids is 1. The van der Waals surface area contributed by atoms with E-state index in [1.807, 2.05) is 24.5 Å². The number of aryl methyl sites for hydroxylation is 1. The summed E-state index contributed by atoms with van der Waals surface area (Å²) in [4.78, 5) is 22.4. The van der Waals surface area contributed by atoms with E-state index in [9.17, 15) is 9.59 Å². The number of nitrogens with one attached hydrogen (secondary N) is 1. The summed E-state index contributed by atoms with van der Waals surface area (Å²) in [5.41, 5.74) is 0.407. The maximum atomic E-state index is 12.0. The summed E-state index contributed by atoms with van der Waals surface area (Å²) in [7, 11) is 1.74. The summed E-state index contributed by atoms with van der Waals surface area (Å²) in [6.45, 7) is 0.0914. The normalized spacial score (nSPS) is 10.4. The summed E-state index contributed by atoms with van der Waals surface area (Å²) in [6, 6.07) is 3.69. The van der Waals surface area contributed by atoms with Gasteiger partial charge in [0.1, 0.15) is 11.4 Å². The number of nitrogens with zero attached hydrogens (tertiary/aromatic N) is 3. The fourth-order valence-electron chi connectivity index (χ4n) is 1.75. The number of carbonyl (C=O) groups is 2. The second kappa shape index (κ2) is 5.38. The average molecular weight is 262 g/mol. The molecule has 7 nitrogen and oxygen atoms in total. The largest absolute Gasteiger partial charge is 0.481 e. The van der Waals surface area contributed by atoms with Crippen LogP contribution in [0.4, 0.5) is 0 Å². The van der Waals surface area contributed by atoms with Crippen molar-refractivity contribution < 1.29 is 14.7 Å². The van der Waals surface area contributed by atoms with Crippen LogP contribution < -0.4 is 5.32 Å². The number of rotatable bonds is 5. The molecule has 2 heterocycles. The van der Waals surface area contributed by atoms with Gasteiger partial charge in [-0.1, -0.05) is 0 Å². The number of amides is 1. The van der Waals surface area contributed by atoms with Gasteiger partial charge in [-0.05, 0) is 12.1 Å². The van der Waals surface area contributed by atoms with Crippen molar-refractivity contribution in [1.82, 2.24) is 19.7 Å². The molecule has 0 radical (unpaired) electrons. The highest BCUT2D eigenvalue weighted by Gasteiger charge is 2.16. The summed E-state index contributed by atoms with van der Waals surface area (Å²) in [5, 5.41) is 15.1. The second-order valence-corrected chi connectivity index (χ2v) is 4.00. The Morgan fingerprint density at radius 2 is 2.05 bits per heavy atom. The molecular formula is C12H14N4O3. The minimum atomic E-state index is -0.947. The van der Waals surface area contributed by atoms with Crippen LogP contribution in [0.5, 0.6) is 0 Å². The number of carboxylic acid groups (broad SMARTS) is 1. The van der Waals surface area contributed by atoms with Gasteiger partial charge in [0.25, 0.3) is 5.91 Å². The third-order valence-corrected chi connectivity index (χ3v) is 2.63. The standard InChI is InChI=1S/C12H14N4O3/c1-15-12(16-6-2-3-7-16)9(8-14-15)11(19)13-5-4-10(17)18/h2-3,6-8H,4-5H2,1H3,(H,13,19)(H,17,18). The van der Waals surface area contributed by atoms with Crippen LogP contribution in [0.1, 0.15) is 16.8 Å². The molecule has 2 N–H and O–H groups in total. The lowest BCUT2D eigenvalue weighted by atomic mass is 10.3. The molecule has 0 fully saturated rings. The first kappa shape index (κ1) is 12.9. The third-order valence-electron chi connectivity index (χ3n) is 2.63. The summed E-state index contributed by atoms with van der Waals surface area (Å²) in [5.74, 6) is -0.645. The van der Waals surface area contributed by atoms with Crippen LogP contribution in [0, 0.1) is 0 Å². The molecule has 100 valence electrons. The maximum Gasteiger partial charge on any atom is 0.305 e. The molecule has 0 unspecified atom stereocenters. The molecule has 0 aliphatic heterocycles. The van der Waals surface area contributed by atoms with E-state index in [1.165, 1.54) is 6.20 Å². The van der Waals surface area contributed by atoms with Crippen molar-refractivity contribution in [1.29, 1.82) is 0 Å². The second-order valence-electron chi connectivity index (χ2n) is 4.00. The molecule has 0 aliphatic rings. The Morgan fingerprint density at radius 3 is 2.68 bits per heavy atom. The number of carboxylic acids is 1. The molecular weight excluding hydrogens is 248 g/mol.